The lowest BCUT2D eigenvalue weighted by Gasteiger charge is -2.18. The highest BCUT2D eigenvalue weighted by molar-refractivity contribution is 9.10. The molecule has 0 radical (unpaired) electrons. The highest BCUT2D eigenvalue weighted by atomic mass is 79.9. The third-order valence-corrected chi connectivity index (χ3v) is 6.24. The van der Waals surface area contributed by atoms with Crippen molar-refractivity contribution in [1.82, 2.24) is 0 Å². The van der Waals surface area contributed by atoms with Crippen LogP contribution in [0.2, 0.25) is 0 Å². The molecular formula is C8H12Br2. The van der Waals surface area contributed by atoms with Crippen LogP contribution in [0.5, 0.6) is 0 Å². The first-order valence-corrected chi connectivity index (χ1v) is 5.62. The van der Waals surface area contributed by atoms with Crippen molar-refractivity contribution in [2.24, 2.45) is 10.8 Å². The number of hydrogen-bond donors (Lipinski definition) is 0. The molecule has 0 N–H and O–H groups in total. The van der Waals surface area contributed by atoms with Gasteiger partial charge in [-0.2, -0.15) is 0 Å². The van der Waals surface area contributed by atoms with Crippen LogP contribution < -0.4 is 0 Å². The van der Waals surface area contributed by atoms with E-state index < -0.39 is 0 Å². The highest BCUT2D eigenvalue weighted by Crippen LogP contribution is 2.73. The zero-order valence-corrected chi connectivity index (χ0v) is 9.50. The molecule has 0 saturated heterocycles. The third kappa shape index (κ3) is 0.726. The van der Waals surface area contributed by atoms with E-state index in [2.05, 4.69) is 45.7 Å². The average molecular weight is 268 g/mol. The summed E-state index contributed by atoms with van der Waals surface area (Å²) in [7, 11) is 0. The van der Waals surface area contributed by atoms with Gasteiger partial charge in [-0.25, -0.2) is 0 Å². The Labute approximate surface area is 79.0 Å². The van der Waals surface area contributed by atoms with Crippen LogP contribution in [0.15, 0.2) is 0 Å². The molecule has 0 aromatic heterocycles. The largest absolute Gasteiger partial charge is 0.0884 e. The second kappa shape index (κ2) is 1.82. The second-order valence-electron chi connectivity index (χ2n) is 4.18. The van der Waals surface area contributed by atoms with Gasteiger partial charge in [0.25, 0.3) is 0 Å². The zero-order valence-electron chi connectivity index (χ0n) is 6.32. The Morgan fingerprint density at radius 3 is 1.30 bits per heavy atom. The fourth-order valence-corrected chi connectivity index (χ4v) is 4.20. The van der Waals surface area contributed by atoms with E-state index in [4.69, 9.17) is 0 Å². The van der Waals surface area contributed by atoms with Crippen LogP contribution in [0, 0.1) is 10.8 Å². The van der Waals surface area contributed by atoms with Gasteiger partial charge in [-0.05, 0) is 23.7 Å². The molecule has 2 aliphatic rings. The van der Waals surface area contributed by atoms with Gasteiger partial charge < -0.3 is 0 Å². The lowest BCUT2D eigenvalue weighted by atomic mass is 9.90. The molecule has 0 aromatic carbocycles. The first-order chi connectivity index (χ1) is 4.51. The molecule has 2 aliphatic carbocycles. The molecule has 0 spiro atoms. The fraction of sp³-hybridized carbons (Fsp3) is 1.00. The number of hydrogen-bond acceptors (Lipinski definition) is 0. The number of halogens is 2. The molecule has 0 amide bonds. The Hall–Kier alpha value is 0.960. The lowest BCUT2D eigenvalue weighted by molar-refractivity contribution is 0.347. The van der Waals surface area contributed by atoms with Crippen molar-refractivity contribution in [3.63, 3.8) is 0 Å². The zero-order chi connectivity index (χ0) is 7.57. The van der Waals surface area contributed by atoms with Gasteiger partial charge >= 0.3 is 0 Å². The van der Waals surface area contributed by atoms with Gasteiger partial charge in [0.2, 0.25) is 0 Å². The fourth-order valence-electron chi connectivity index (χ4n) is 1.81. The van der Waals surface area contributed by atoms with Crippen molar-refractivity contribution >= 4 is 31.9 Å². The highest BCUT2D eigenvalue weighted by Gasteiger charge is 2.69. The second-order valence-corrected chi connectivity index (χ2v) is 6.39. The summed E-state index contributed by atoms with van der Waals surface area (Å²) in [6, 6.07) is 0. The van der Waals surface area contributed by atoms with Crippen molar-refractivity contribution in [3.05, 3.63) is 0 Å². The van der Waals surface area contributed by atoms with Crippen LogP contribution >= 0.6 is 31.9 Å². The molecule has 10 heavy (non-hydrogen) atoms. The standard InChI is InChI=1S/C8H12Br2/c1-7(3-5(7)9)8(2)4-6(8)10/h5-6H,3-4H2,1-2H3. The molecule has 0 aliphatic heterocycles. The summed E-state index contributed by atoms with van der Waals surface area (Å²) < 4.78 is 0. The Morgan fingerprint density at radius 1 is 1.00 bits per heavy atom. The van der Waals surface area contributed by atoms with Gasteiger partial charge in [-0.1, -0.05) is 45.7 Å². The van der Waals surface area contributed by atoms with Crippen LogP contribution in [-0.2, 0) is 0 Å². The van der Waals surface area contributed by atoms with Crippen LogP contribution in [0.25, 0.3) is 0 Å². The Bertz CT molecular complexity index is 160. The Balaban J connectivity index is 2.14. The van der Waals surface area contributed by atoms with E-state index in [9.17, 15) is 0 Å². The van der Waals surface area contributed by atoms with Gasteiger partial charge in [-0.3, -0.25) is 0 Å². The predicted octanol–water partition coefficient (Wildman–Crippen LogP) is 3.33. The van der Waals surface area contributed by atoms with Gasteiger partial charge in [0.1, 0.15) is 0 Å². The summed E-state index contributed by atoms with van der Waals surface area (Å²) in [5, 5.41) is 0. The minimum absolute atomic E-state index is 0.598. The molecule has 0 aromatic rings. The third-order valence-electron chi connectivity index (χ3n) is 3.57. The smallest absolute Gasteiger partial charge is 0.0211 e. The van der Waals surface area contributed by atoms with Crippen molar-refractivity contribution < 1.29 is 0 Å². The molecule has 2 fully saturated rings. The summed E-state index contributed by atoms with van der Waals surface area (Å²) in [6.45, 7) is 4.79. The van der Waals surface area contributed by atoms with Crippen LogP contribution in [0.4, 0.5) is 0 Å². The van der Waals surface area contributed by atoms with E-state index >= 15 is 0 Å². The molecule has 58 valence electrons. The SMILES string of the molecule is CC1(C2(C)CC2Br)CC1Br. The molecule has 2 heteroatoms. The van der Waals surface area contributed by atoms with Gasteiger partial charge in [0, 0.05) is 9.65 Å². The van der Waals surface area contributed by atoms with Gasteiger partial charge in [-0.15, -0.1) is 0 Å². The van der Waals surface area contributed by atoms with Crippen LogP contribution in [0.1, 0.15) is 26.7 Å². The Morgan fingerprint density at radius 2 is 1.20 bits per heavy atom. The van der Waals surface area contributed by atoms with Crippen LogP contribution in [0.3, 0.4) is 0 Å². The maximum absolute atomic E-state index is 3.69. The van der Waals surface area contributed by atoms with Crippen molar-refractivity contribution in [3.8, 4) is 0 Å². The van der Waals surface area contributed by atoms with E-state index in [1.807, 2.05) is 0 Å². The van der Waals surface area contributed by atoms with E-state index in [1.54, 1.807) is 0 Å². The maximum Gasteiger partial charge on any atom is 0.0211 e. The number of alkyl halides is 2. The molecule has 4 unspecified atom stereocenters. The van der Waals surface area contributed by atoms with E-state index in [0.29, 0.717) is 10.8 Å². The minimum Gasteiger partial charge on any atom is -0.0884 e. The quantitative estimate of drug-likeness (QED) is 0.640. The van der Waals surface area contributed by atoms with Gasteiger partial charge in [0.15, 0.2) is 0 Å². The van der Waals surface area contributed by atoms with Gasteiger partial charge in [0.05, 0.1) is 0 Å². The molecule has 0 nitrogen and oxygen atoms in total. The molecule has 2 rings (SSSR count). The average Bonchev–Trinajstić information content (AvgIpc) is 2.58. The summed E-state index contributed by atoms with van der Waals surface area (Å²) in [4.78, 5) is 1.57. The normalized spacial score (nSPS) is 66.0. The van der Waals surface area contributed by atoms with Crippen molar-refractivity contribution in [2.45, 2.75) is 36.3 Å². The predicted molar refractivity (Wildman–Crippen MR) is 50.9 cm³/mol. The summed E-state index contributed by atoms with van der Waals surface area (Å²) in [5.41, 5.74) is 1.20. The molecular weight excluding hydrogens is 256 g/mol. The van der Waals surface area contributed by atoms with Crippen LogP contribution in [-0.4, -0.2) is 9.65 Å². The van der Waals surface area contributed by atoms with E-state index in [1.165, 1.54) is 12.8 Å². The molecule has 0 heterocycles. The van der Waals surface area contributed by atoms with Crippen molar-refractivity contribution in [2.75, 3.05) is 0 Å². The maximum atomic E-state index is 3.69. The van der Waals surface area contributed by atoms with E-state index in [0.717, 1.165) is 9.65 Å². The molecule has 2 saturated carbocycles. The summed E-state index contributed by atoms with van der Waals surface area (Å²) in [5.74, 6) is 0. The summed E-state index contributed by atoms with van der Waals surface area (Å²) >= 11 is 7.37. The Kier molecular flexibility index (Phi) is 1.38. The minimum atomic E-state index is 0.598. The first-order valence-electron chi connectivity index (χ1n) is 3.79. The number of rotatable bonds is 1. The summed E-state index contributed by atoms with van der Waals surface area (Å²) in [6.07, 6.45) is 2.73. The first kappa shape index (κ1) is 7.60. The topological polar surface area (TPSA) is 0 Å². The monoisotopic (exact) mass is 266 g/mol. The van der Waals surface area contributed by atoms with Crippen molar-refractivity contribution in [1.29, 1.82) is 0 Å². The molecule has 0 bridgehead atoms. The lowest BCUT2D eigenvalue weighted by Crippen LogP contribution is -2.14. The molecule has 4 atom stereocenters. The van der Waals surface area contributed by atoms with E-state index in [-0.39, 0.29) is 0 Å².